The zero-order valence-electron chi connectivity index (χ0n) is 18.1. The molecule has 6 nitrogen and oxygen atoms in total. The molecule has 9 heteroatoms. The van der Waals surface area contributed by atoms with Crippen molar-refractivity contribution in [2.45, 2.75) is 19.6 Å². The van der Waals surface area contributed by atoms with Crippen LogP contribution in [-0.2, 0) is 31.1 Å². The Balaban J connectivity index is 0.000000197. The van der Waals surface area contributed by atoms with Crippen molar-refractivity contribution in [3.8, 4) is 5.75 Å². The summed E-state index contributed by atoms with van der Waals surface area (Å²) in [6.45, 7) is 0. The highest BCUT2D eigenvalue weighted by atomic mass is 32.3. The van der Waals surface area contributed by atoms with Crippen LogP contribution in [0.3, 0.4) is 0 Å². The maximum absolute atomic E-state index is 11.0. The molecule has 0 saturated heterocycles. The molecular formula is C25H22O6S3. The number of sulfone groups is 1. The van der Waals surface area contributed by atoms with Gasteiger partial charge in [-0.3, -0.25) is 0 Å². The van der Waals surface area contributed by atoms with Gasteiger partial charge in [-0.15, -0.1) is 0 Å². The molecule has 34 heavy (non-hydrogen) atoms. The molecule has 0 N–H and O–H groups in total. The van der Waals surface area contributed by atoms with Crippen molar-refractivity contribution in [1.29, 1.82) is 0 Å². The molecule has 0 heterocycles. The van der Waals surface area contributed by atoms with E-state index in [-0.39, 0.29) is 21.5 Å². The highest BCUT2D eigenvalue weighted by Gasteiger charge is 2.27. The highest BCUT2D eigenvalue weighted by Crippen LogP contribution is 2.30. The number of rotatable bonds is 6. The molecule has 0 aromatic heterocycles. The van der Waals surface area contributed by atoms with Gasteiger partial charge in [-0.1, -0.05) is 54.6 Å². The summed E-state index contributed by atoms with van der Waals surface area (Å²) in [5.41, 5.74) is 0. The van der Waals surface area contributed by atoms with E-state index in [9.17, 15) is 21.4 Å². The van der Waals surface area contributed by atoms with Crippen LogP contribution in [0.25, 0.3) is 0 Å². The minimum absolute atomic E-state index is 0.0122. The van der Waals surface area contributed by atoms with Crippen LogP contribution in [0.1, 0.15) is 0 Å². The van der Waals surface area contributed by atoms with E-state index < -0.39 is 20.2 Å². The van der Waals surface area contributed by atoms with Crippen molar-refractivity contribution in [2.24, 2.45) is 0 Å². The van der Waals surface area contributed by atoms with Crippen molar-refractivity contribution in [3.05, 3.63) is 115 Å². The van der Waals surface area contributed by atoms with Crippen molar-refractivity contribution in [1.82, 2.24) is 0 Å². The Kier molecular flexibility index (Phi) is 8.51. The molecular weight excluding hydrogens is 492 g/mol. The Morgan fingerprint density at radius 1 is 0.588 bits per heavy atom. The van der Waals surface area contributed by atoms with Crippen LogP contribution in [0.5, 0.6) is 5.75 Å². The lowest BCUT2D eigenvalue weighted by Gasteiger charge is -2.08. The molecule has 0 unspecified atom stereocenters. The van der Waals surface area contributed by atoms with E-state index in [1.807, 2.05) is 0 Å². The first-order valence-electron chi connectivity index (χ1n) is 9.98. The van der Waals surface area contributed by atoms with E-state index in [0.717, 1.165) is 30.5 Å². The average Bonchev–Trinajstić information content (AvgIpc) is 2.81. The van der Waals surface area contributed by atoms with Gasteiger partial charge in [-0.2, -0.15) is 0 Å². The van der Waals surface area contributed by atoms with E-state index in [4.69, 9.17) is 0 Å². The number of benzene rings is 4. The quantitative estimate of drug-likeness (QED) is 0.210. The summed E-state index contributed by atoms with van der Waals surface area (Å²) in [6.07, 6.45) is 1.01. The maximum Gasteiger partial charge on any atom is 0.262 e. The summed E-state index contributed by atoms with van der Waals surface area (Å²) in [5, 5.41) is 0. The lowest BCUT2D eigenvalue weighted by atomic mass is 10.3. The van der Waals surface area contributed by atoms with Crippen molar-refractivity contribution < 1.29 is 25.6 Å². The SMILES string of the molecule is CS(=O)(=O)c1ccc(OS(=O)(=O)[O-])cc1.c1ccc([S+](c2ccccc2)c2ccccc2)cc1. The van der Waals surface area contributed by atoms with Crippen molar-refractivity contribution in [3.63, 3.8) is 0 Å². The predicted octanol–water partition coefficient (Wildman–Crippen LogP) is 4.71. The molecule has 0 amide bonds. The zero-order valence-corrected chi connectivity index (χ0v) is 20.6. The van der Waals surface area contributed by atoms with Gasteiger partial charge in [0, 0.05) is 6.26 Å². The molecule has 0 spiro atoms. The van der Waals surface area contributed by atoms with Crippen molar-refractivity contribution >= 4 is 31.1 Å². The molecule has 176 valence electrons. The molecule has 4 rings (SSSR count). The minimum Gasteiger partial charge on any atom is -0.716 e. The first-order chi connectivity index (χ1) is 16.1. The van der Waals surface area contributed by atoms with Crippen LogP contribution in [0.15, 0.2) is 135 Å². The Morgan fingerprint density at radius 2 is 0.941 bits per heavy atom. The fourth-order valence-electron chi connectivity index (χ4n) is 2.94. The zero-order chi connectivity index (χ0) is 24.6. The molecule has 0 fully saturated rings. The lowest BCUT2D eigenvalue weighted by molar-refractivity contribution is 0.372. The fraction of sp³-hybridized carbons (Fsp3) is 0.0400. The predicted molar refractivity (Wildman–Crippen MR) is 131 cm³/mol. The van der Waals surface area contributed by atoms with Gasteiger partial charge in [0.05, 0.1) is 15.8 Å². The minimum atomic E-state index is -4.82. The van der Waals surface area contributed by atoms with E-state index in [0.29, 0.717) is 0 Å². The summed E-state index contributed by atoms with van der Waals surface area (Å²) in [7, 11) is -8.19. The third kappa shape index (κ3) is 7.74. The Morgan fingerprint density at radius 3 is 1.24 bits per heavy atom. The number of hydrogen-bond donors (Lipinski definition) is 0. The molecule has 0 aliphatic rings. The monoisotopic (exact) mass is 514 g/mol. The van der Waals surface area contributed by atoms with Gasteiger partial charge in [-0.25, -0.2) is 16.8 Å². The largest absolute Gasteiger partial charge is 0.716 e. The topological polar surface area (TPSA) is 101 Å². The average molecular weight is 515 g/mol. The van der Waals surface area contributed by atoms with Crippen LogP contribution in [0.2, 0.25) is 0 Å². The van der Waals surface area contributed by atoms with Gasteiger partial charge in [-0.05, 0) is 60.7 Å². The summed E-state index contributed by atoms with van der Waals surface area (Å²) in [6, 6.07) is 36.6. The molecule has 4 aromatic carbocycles. The van der Waals surface area contributed by atoms with Gasteiger partial charge in [0.2, 0.25) is 0 Å². The van der Waals surface area contributed by atoms with E-state index in [2.05, 4.69) is 95.2 Å². The van der Waals surface area contributed by atoms with Crippen LogP contribution < -0.4 is 4.18 Å². The summed E-state index contributed by atoms with van der Waals surface area (Å²) >= 11 is 0. The summed E-state index contributed by atoms with van der Waals surface area (Å²) in [4.78, 5) is 4.10. The second-order valence-corrected chi connectivity index (χ2v) is 12.0. The summed E-state index contributed by atoms with van der Waals surface area (Å²) < 4.78 is 56.6. The first-order valence-corrected chi connectivity index (χ1v) is 14.4. The van der Waals surface area contributed by atoms with Gasteiger partial charge in [0.25, 0.3) is 10.4 Å². The van der Waals surface area contributed by atoms with Gasteiger partial charge in [0.15, 0.2) is 24.5 Å². The molecule has 0 saturated carbocycles. The Hall–Kier alpha value is -3.11. The van der Waals surface area contributed by atoms with Gasteiger partial charge in [0.1, 0.15) is 5.75 Å². The number of hydrogen-bond acceptors (Lipinski definition) is 6. The molecule has 0 bridgehead atoms. The Labute approximate surface area is 203 Å². The Bertz CT molecular complexity index is 1300. The highest BCUT2D eigenvalue weighted by molar-refractivity contribution is 7.97. The molecule has 0 radical (unpaired) electrons. The van der Waals surface area contributed by atoms with Crippen molar-refractivity contribution in [2.75, 3.05) is 6.26 Å². The molecule has 0 aliphatic carbocycles. The fourth-order valence-corrected chi connectivity index (χ4v) is 6.02. The normalized spacial score (nSPS) is 11.4. The second kappa shape index (κ2) is 11.3. The molecule has 0 atom stereocenters. The van der Waals surface area contributed by atoms with Gasteiger partial charge < -0.3 is 8.74 Å². The standard InChI is InChI=1S/C18H15S.C7H8O6S2/c1-4-10-16(11-5-1)19(17-12-6-2-7-13-17)18-14-8-3-9-15-18;1-14(8,9)7-4-2-6(3-5-7)13-15(10,11)12/h1-15H;2-5H,1H3,(H,10,11,12)/q+1;/p-1. The van der Waals surface area contributed by atoms with Gasteiger partial charge >= 0.3 is 0 Å². The van der Waals surface area contributed by atoms with Crippen LogP contribution in [-0.4, -0.2) is 27.6 Å². The van der Waals surface area contributed by atoms with E-state index in [1.54, 1.807) is 0 Å². The van der Waals surface area contributed by atoms with Crippen LogP contribution in [0, 0.1) is 0 Å². The summed E-state index contributed by atoms with van der Waals surface area (Å²) in [5.74, 6) is -0.225. The first kappa shape index (κ1) is 25.5. The van der Waals surface area contributed by atoms with Crippen LogP contribution in [0.4, 0.5) is 0 Å². The third-order valence-corrected chi connectivity index (χ3v) is 8.14. The van der Waals surface area contributed by atoms with Crippen LogP contribution >= 0.6 is 0 Å². The van der Waals surface area contributed by atoms with E-state index in [1.165, 1.54) is 14.7 Å². The smallest absolute Gasteiger partial charge is 0.262 e. The maximum atomic E-state index is 11.0. The van der Waals surface area contributed by atoms with E-state index >= 15 is 0 Å². The lowest BCUT2D eigenvalue weighted by Crippen LogP contribution is -2.07. The molecule has 4 aromatic rings. The second-order valence-electron chi connectivity index (χ2n) is 6.98. The third-order valence-electron chi connectivity index (χ3n) is 4.39. The molecule has 0 aliphatic heterocycles.